The van der Waals surface area contributed by atoms with E-state index < -0.39 is 4.92 Å². The van der Waals surface area contributed by atoms with E-state index in [9.17, 15) is 10.1 Å². The zero-order valence-corrected chi connectivity index (χ0v) is 9.41. The van der Waals surface area contributed by atoms with Gasteiger partial charge in [-0.3, -0.25) is 15.1 Å². The molecule has 2 aliphatic rings. The van der Waals surface area contributed by atoms with E-state index in [1.807, 2.05) is 18.2 Å². The molecule has 1 aromatic rings. The molecule has 0 spiro atoms. The second-order valence-electron chi connectivity index (χ2n) is 4.14. The van der Waals surface area contributed by atoms with E-state index in [0.29, 0.717) is 17.5 Å². The van der Waals surface area contributed by atoms with Crippen molar-refractivity contribution in [3.8, 4) is 0 Å². The number of fused-ring (bicyclic) bond motifs is 2. The number of allylic oxidation sites excluding steroid dienone is 2. The molecule has 0 aromatic heterocycles. The van der Waals surface area contributed by atoms with Gasteiger partial charge in [0.15, 0.2) is 5.36 Å². The summed E-state index contributed by atoms with van der Waals surface area (Å²) in [5, 5.41) is 11.7. The van der Waals surface area contributed by atoms with Crippen molar-refractivity contribution in [2.45, 2.75) is 12.5 Å². The monoisotopic (exact) mass is 242 g/mol. The Hall–Kier alpha value is -2.50. The van der Waals surface area contributed by atoms with E-state index in [-0.39, 0.29) is 17.1 Å². The van der Waals surface area contributed by atoms with Crippen molar-refractivity contribution < 1.29 is 4.92 Å². The average Bonchev–Trinajstić information content (AvgIpc) is 2.37. The molecular formula is C12H10N4O2. The molecule has 0 bridgehead atoms. The Labute approximate surface area is 102 Å². The number of rotatable bonds is 1. The summed E-state index contributed by atoms with van der Waals surface area (Å²) in [5.41, 5.74) is 6.98. The van der Waals surface area contributed by atoms with Gasteiger partial charge in [0.1, 0.15) is 5.36 Å². The molecular weight excluding hydrogens is 232 g/mol. The third-order valence-electron chi connectivity index (χ3n) is 2.99. The Morgan fingerprint density at radius 3 is 3.00 bits per heavy atom. The molecule has 0 radical (unpaired) electrons. The van der Waals surface area contributed by atoms with Crippen LogP contribution in [0.15, 0.2) is 46.0 Å². The number of benzene rings is 1. The number of nitro groups is 1. The van der Waals surface area contributed by atoms with Crippen LogP contribution in [-0.2, 0) is 0 Å². The molecule has 1 aliphatic carbocycles. The quantitative estimate of drug-likeness (QED) is 0.445. The molecule has 1 atom stereocenters. The summed E-state index contributed by atoms with van der Waals surface area (Å²) >= 11 is 0. The van der Waals surface area contributed by atoms with Gasteiger partial charge < -0.3 is 5.73 Å². The number of hydrogen-bond donors (Lipinski definition) is 1. The molecule has 1 aromatic carbocycles. The lowest BCUT2D eigenvalue weighted by atomic mass is 10.0. The molecule has 1 unspecified atom stereocenters. The zero-order chi connectivity index (χ0) is 12.7. The van der Waals surface area contributed by atoms with Crippen molar-refractivity contribution in [1.82, 2.24) is 0 Å². The van der Waals surface area contributed by atoms with Crippen LogP contribution in [0.1, 0.15) is 6.42 Å². The highest BCUT2D eigenvalue weighted by Gasteiger charge is 2.22. The minimum atomic E-state index is -0.454. The van der Waals surface area contributed by atoms with Crippen LogP contribution < -0.4 is 16.4 Å². The molecule has 2 N–H and O–H groups in total. The molecule has 1 aliphatic heterocycles. The minimum absolute atomic E-state index is 0.0449. The standard InChI is InChI=1S/C12H10N4O2/c13-7-5-6-10(16(17)18)12-11(7)14-8-3-1-2-4-9(8)15-12/h1-3,5-6,9H,4,13H2. The highest BCUT2D eigenvalue weighted by molar-refractivity contribution is 5.46. The van der Waals surface area contributed by atoms with E-state index in [1.54, 1.807) is 0 Å². The number of nitrogens with zero attached hydrogens (tertiary/aromatic N) is 3. The number of anilines is 1. The first-order chi connectivity index (χ1) is 8.66. The summed E-state index contributed by atoms with van der Waals surface area (Å²) in [6.07, 6.45) is 6.44. The van der Waals surface area contributed by atoms with Crippen molar-refractivity contribution in [2.24, 2.45) is 9.98 Å². The topological polar surface area (TPSA) is 93.9 Å². The Bertz CT molecular complexity index is 718. The zero-order valence-electron chi connectivity index (χ0n) is 9.41. The summed E-state index contributed by atoms with van der Waals surface area (Å²) in [6, 6.07) is 2.74. The molecule has 6 nitrogen and oxygen atoms in total. The number of hydrogen-bond acceptors (Lipinski definition) is 5. The number of nitro benzene ring substituents is 1. The fraction of sp³-hybridized carbons (Fsp3) is 0.167. The summed E-state index contributed by atoms with van der Waals surface area (Å²) in [7, 11) is 0. The third-order valence-corrected chi connectivity index (χ3v) is 2.99. The predicted octanol–water partition coefficient (Wildman–Crippen LogP) is 0.642. The summed E-state index contributed by atoms with van der Waals surface area (Å²) in [6.45, 7) is 0. The lowest BCUT2D eigenvalue weighted by molar-refractivity contribution is -0.386. The van der Waals surface area contributed by atoms with Crippen molar-refractivity contribution >= 4 is 11.4 Å². The molecule has 0 saturated carbocycles. The van der Waals surface area contributed by atoms with Crippen LogP contribution in [0, 0.1) is 10.1 Å². The number of nitrogens with two attached hydrogens (primary N) is 1. The second kappa shape index (κ2) is 3.76. The average molecular weight is 242 g/mol. The maximum absolute atomic E-state index is 11.0. The van der Waals surface area contributed by atoms with Crippen molar-refractivity contribution in [3.05, 3.63) is 56.9 Å². The van der Waals surface area contributed by atoms with Crippen LogP contribution in [0.25, 0.3) is 0 Å². The van der Waals surface area contributed by atoms with Crippen molar-refractivity contribution in [1.29, 1.82) is 0 Å². The van der Waals surface area contributed by atoms with E-state index in [0.717, 1.165) is 5.70 Å². The third kappa shape index (κ3) is 1.50. The molecule has 0 amide bonds. The Morgan fingerprint density at radius 1 is 1.39 bits per heavy atom. The molecule has 0 saturated heterocycles. The molecule has 1 heterocycles. The molecule has 6 heteroatoms. The van der Waals surface area contributed by atoms with Crippen LogP contribution in [-0.4, -0.2) is 11.0 Å². The van der Waals surface area contributed by atoms with Gasteiger partial charge in [-0.15, -0.1) is 0 Å². The first kappa shape index (κ1) is 10.6. The number of nitrogen functional groups attached to an aromatic ring is 1. The van der Waals surface area contributed by atoms with E-state index in [2.05, 4.69) is 9.98 Å². The first-order valence-corrected chi connectivity index (χ1v) is 5.53. The molecule has 18 heavy (non-hydrogen) atoms. The van der Waals surface area contributed by atoms with Gasteiger partial charge in [0.05, 0.1) is 22.3 Å². The first-order valence-electron chi connectivity index (χ1n) is 5.53. The van der Waals surface area contributed by atoms with Gasteiger partial charge in [0.2, 0.25) is 0 Å². The van der Waals surface area contributed by atoms with Gasteiger partial charge in [-0.2, -0.15) is 0 Å². The van der Waals surface area contributed by atoms with Gasteiger partial charge in [-0.25, -0.2) is 4.99 Å². The Morgan fingerprint density at radius 2 is 2.22 bits per heavy atom. The smallest absolute Gasteiger partial charge is 0.296 e. The van der Waals surface area contributed by atoms with Crippen molar-refractivity contribution in [3.63, 3.8) is 0 Å². The van der Waals surface area contributed by atoms with Crippen LogP contribution in [0.5, 0.6) is 0 Å². The van der Waals surface area contributed by atoms with E-state index in [4.69, 9.17) is 5.73 Å². The SMILES string of the molecule is Nc1ccc([N+](=O)[O-])c2c1=NC1=CC=CCC1N=2. The normalized spacial score (nSPS) is 20.0. The second-order valence-corrected chi connectivity index (χ2v) is 4.14. The van der Waals surface area contributed by atoms with Gasteiger partial charge >= 0.3 is 0 Å². The van der Waals surface area contributed by atoms with Gasteiger partial charge in [-0.1, -0.05) is 12.2 Å². The van der Waals surface area contributed by atoms with Gasteiger partial charge in [0.25, 0.3) is 5.69 Å². The predicted molar refractivity (Wildman–Crippen MR) is 65.4 cm³/mol. The van der Waals surface area contributed by atoms with Gasteiger partial charge in [-0.05, 0) is 18.6 Å². The fourth-order valence-corrected chi connectivity index (χ4v) is 2.10. The fourth-order valence-electron chi connectivity index (χ4n) is 2.10. The summed E-state index contributed by atoms with van der Waals surface area (Å²) in [4.78, 5) is 19.3. The molecule has 0 fully saturated rings. The molecule has 90 valence electrons. The van der Waals surface area contributed by atoms with Crippen LogP contribution in [0.2, 0.25) is 0 Å². The largest absolute Gasteiger partial charge is 0.397 e. The number of non-ortho nitro benzene ring substituents is 1. The Balaban J connectivity index is 2.37. The van der Waals surface area contributed by atoms with Crippen molar-refractivity contribution in [2.75, 3.05) is 5.73 Å². The lowest BCUT2D eigenvalue weighted by Crippen LogP contribution is -2.36. The maximum atomic E-state index is 11.0. The minimum Gasteiger partial charge on any atom is -0.397 e. The molecule has 3 rings (SSSR count). The lowest BCUT2D eigenvalue weighted by Gasteiger charge is -2.17. The summed E-state index contributed by atoms with van der Waals surface area (Å²) in [5.74, 6) is 0. The summed E-state index contributed by atoms with van der Waals surface area (Å²) < 4.78 is 0. The van der Waals surface area contributed by atoms with Crippen LogP contribution in [0.4, 0.5) is 11.4 Å². The Kier molecular flexibility index (Phi) is 2.22. The van der Waals surface area contributed by atoms with Crippen LogP contribution in [0.3, 0.4) is 0 Å². The maximum Gasteiger partial charge on any atom is 0.296 e. The van der Waals surface area contributed by atoms with E-state index in [1.165, 1.54) is 12.1 Å². The highest BCUT2D eigenvalue weighted by atomic mass is 16.6. The van der Waals surface area contributed by atoms with Gasteiger partial charge in [0, 0.05) is 6.07 Å². The highest BCUT2D eigenvalue weighted by Crippen LogP contribution is 2.19. The van der Waals surface area contributed by atoms with E-state index >= 15 is 0 Å². The van der Waals surface area contributed by atoms with Crippen LogP contribution >= 0.6 is 0 Å².